The van der Waals surface area contributed by atoms with Crippen LogP contribution in [0.5, 0.6) is 0 Å². The van der Waals surface area contributed by atoms with Gasteiger partial charge < -0.3 is 9.42 Å². The van der Waals surface area contributed by atoms with Crippen molar-refractivity contribution in [2.75, 3.05) is 14.1 Å². The summed E-state index contributed by atoms with van der Waals surface area (Å²) < 4.78 is 4.94. The average Bonchev–Trinajstić information content (AvgIpc) is 2.77. The lowest BCUT2D eigenvalue weighted by atomic mass is 10.1. The Hall–Kier alpha value is -2.01. The molecule has 0 amide bonds. The van der Waals surface area contributed by atoms with E-state index in [1.807, 2.05) is 25.1 Å². The topological polar surface area (TPSA) is 59.2 Å². The summed E-state index contributed by atoms with van der Waals surface area (Å²) in [5.41, 5.74) is 0.549. The number of hydrogen-bond donors (Lipinski definition) is 0. The van der Waals surface area contributed by atoms with E-state index in [2.05, 4.69) is 10.1 Å². The molecular weight excluding hydrogens is 218 g/mol. The van der Waals surface area contributed by atoms with Crippen molar-refractivity contribution in [1.82, 2.24) is 15.0 Å². The zero-order chi connectivity index (χ0) is 12.3. The Labute approximate surface area is 99.1 Å². The van der Waals surface area contributed by atoms with E-state index in [9.17, 15) is 4.79 Å². The Bertz CT molecular complexity index is 505. The maximum atomic E-state index is 11.9. The Morgan fingerprint density at radius 1 is 1.29 bits per heavy atom. The average molecular weight is 231 g/mol. The lowest BCUT2D eigenvalue weighted by Crippen LogP contribution is -2.12. The van der Waals surface area contributed by atoms with Gasteiger partial charge in [0.1, 0.15) is 0 Å². The highest BCUT2D eigenvalue weighted by atomic mass is 16.5. The Kier molecular flexibility index (Phi) is 3.30. The molecule has 1 heterocycles. The molecule has 0 aliphatic rings. The fourth-order valence-electron chi connectivity index (χ4n) is 1.41. The van der Waals surface area contributed by atoms with E-state index < -0.39 is 0 Å². The number of ketones is 1. The molecule has 0 spiro atoms. The second-order valence-corrected chi connectivity index (χ2v) is 3.95. The van der Waals surface area contributed by atoms with Crippen LogP contribution < -0.4 is 0 Å². The first kappa shape index (κ1) is 11.5. The van der Waals surface area contributed by atoms with Crippen LogP contribution in [-0.2, 0) is 6.54 Å². The highest BCUT2D eigenvalue weighted by Gasteiger charge is 2.16. The largest absolute Gasteiger partial charge is 0.330 e. The van der Waals surface area contributed by atoms with Crippen LogP contribution in [0, 0.1) is 0 Å². The molecule has 0 radical (unpaired) electrons. The lowest BCUT2D eigenvalue weighted by Gasteiger charge is -2.03. The van der Waals surface area contributed by atoms with Crippen LogP contribution in [0.25, 0.3) is 0 Å². The molecule has 0 saturated carbocycles. The van der Waals surface area contributed by atoms with Crippen molar-refractivity contribution < 1.29 is 9.32 Å². The molecule has 1 aromatic carbocycles. The third-order valence-corrected chi connectivity index (χ3v) is 2.16. The first-order valence-electron chi connectivity index (χ1n) is 5.24. The molecule has 0 aliphatic heterocycles. The standard InChI is InChI=1S/C12H13N3O2/c1-15(2)8-10-13-12(17-14-10)11(16)9-6-4-3-5-7-9/h3-7H,8H2,1-2H3. The van der Waals surface area contributed by atoms with Gasteiger partial charge in [0.2, 0.25) is 0 Å². The highest BCUT2D eigenvalue weighted by Crippen LogP contribution is 2.08. The van der Waals surface area contributed by atoms with Gasteiger partial charge in [-0.1, -0.05) is 35.5 Å². The molecule has 2 rings (SSSR count). The van der Waals surface area contributed by atoms with E-state index in [-0.39, 0.29) is 11.7 Å². The van der Waals surface area contributed by atoms with E-state index in [0.29, 0.717) is 17.9 Å². The maximum Gasteiger partial charge on any atom is 0.299 e. The van der Waals surface area contributed by atoms with Crippen molar-refractivity contribution in [3.05, 3.63) is 47.6 Å². The van der Waals surface area contributed by atoms with Crippen molar-refractivity contribution >= 4 is 5.78 Å². The van der Waals surface area contributed by atoms with Gasteiger partial charge in [-0.2, -0.15) is 4.98 Å². The van der Waals surface area contributed by atoms with E-state index in [0.717, 1.165) is 0 Å². The first-order chi connectivity index (χ1) is 8.16. The summed E-state index contributed by atoms with van der Waals surface area (Å²) in [4.78, 5) is 17.9. The quantitative estimate of drug-likeness (QED) is 0.743. The summed E-state index contributed by atoms with van der Waals surface area (Å²) >= 11 is 0. The normalized spacial score (nSPS) is 10.8. The summed E-state index contributed by atoms with van der Waals surface area (Å²) in [5, 5.41) is 3.75. The lowest BCUT2D eigenvalue weighted by molar-refractivity contribution is 0.0994. The predicted molar refractivity (Wildman–Crippen MR) is 61.6 cm³/mol. The molecule has 0 saturated heterocycles. The summed E-state index contributed by atoms with van der Waals surface area (Å²) in [5.74, 6) is 0.297. The van der Waals surface area contributed by atoms with Gasteiger partial charge in [-0.25, -0.2) is 0 Å². The SMILES string of the molecule is CN(C)Cc1noc(C(=O)c2ccccc2)n1. The van der Waals surface area contributed by atoms with E-state index in [4.69, 9.17) is 4.52 Å². The van der Waals surface area contributed by atoms with E-state index in [1.165, 1.54) is 0 Å². The number of aromatic nitrogens is 2. The molecule has 0 N–H and O–H groups in total. The van der Waals surface area contributed by atoms with Crippen LogP contribution in [0.15, 0.2) is 34.9 Å². The fourth-order valence-corrected chi connectivity index (χ4v) is 1.41. The van der Waals surface area contributed by atoms with Gasteiger partial charge in [-0.05, 0) is 14.1 Å². The van der Waals surface area contributed by atoms with Crippen LogP contribution in [-0.4, -0.2) is 34.9 Å². The molecule has 0 fully saturated rings. The molecular formula is C12H13N3O2. The molecule has 0 atom stereocenters. The summed E-state index contributed by atoms with van der Waals surface area (Å²) in [7, 11) is 3.80. The minimum atomic E-state index is -0.247. The van der Waals surface area contributed by atoms with E-state index in [1.54, 1.807) is 24.3 Å². The molecule has 0 aliphatic carbocycles. The predicted octanol–water partition coefficient (Wildman–Crippen LogP) is 1.36. The van der Waals surface area contributed by atoms with Crippen LogP contribution in [0.2, 0.25) is 0 Å². The third kappa shape index (κ3) is 2.76. The Morgan fingerprint density at radius 2 is 2.00 bits per heavy atom. The molecule has 2 aromatic rings. The van der Waals surface area contributed by atoms with Crippen molar-refractivity contribution in [3.63, 3.8) is 0 Å². The molecule has 88 valence electrons. The molecule has 0 bridgehead atoms. The van der Waals surface area contributed by atoms with Crippen molar-refractivity contribution in [2.45, 2.75) is 6.54 Å². The number of nitrogens with zero attached hydrogens (tertiary/aromatic N) is 3. The molecule has 17 heavy (non-hydrogen) atoms. The highest BCUT2D eigenvalue weighted by molar-refractivity contribution is 6.05. The van der Waals surface area contributed by atoms with Gasteiger partial charge in [-0.15, -0.1) is 0 Å². The molecule has 0 unspecified atom stereocenters. The second-order valence-electron chi connectivity index (χ2n) is 3.95. The number of hydrogen-bond acceptors (Lipinski definition) is 5. The van der Waals surface area contributed by atoms with Crippen molar-refractivity contribution in [2.24, 2.45) is 0 Å². The second kappa shape index (κ2) is 4.88. The van der Waals surface area contributed by atoms with Gasteiger partial charge in [0.05, 0.1) is 6.54 Å². The van der Waals surface area contributed by atoms with Crippen molar-refractivity contribution in [1.29, 1.82) is 0 Å². The Morgan fingerprint density at radius 3 is 2.65 bits per heavy atom. The van der Waals surface area contributed by atoms with Crippen molar-refractivity contribution in [3.8, 4) is 0 Å². The van der Waals surface area contributed by atoms with Crippen LogP contribution in [0.1, 0.15) is 22.1 Å². The van der Waals surface area contributed by atoms with E-state index >= 15 is 0 Å². The van der Waals surface area contributed by atoms with Gasteiger partial charge in [-0.3, -0.25) is 4.79 Å². The third-order valence-electron chi connectivity index (χ3n) is 2.16. The van der Waals surface area contributed by atoms with Gasteiger partial charge in [0, 0.05) is 5.56 Å². The monoisotopic (exact) mass is 231 g/mol. The van der Waals surface area contributed by atoms with Gasteiger partial charge in [0.15, 0.2) is 5.82 Å². The molecule has 1 aromatic heterocycles. The van der Waals surface area contributed by atoms with Crippen LogP contribution in [0.4, 0.5) is 0 Å². The number of carbonyl (C=O) groups excluding carboxylic acids is 1. The van der Waals surface area contributed by atoms with Crippen LogP contribution >= 0.6 is 0 Å². The minimum absolute atomic E-state index is 0.0352. The smallest absolute Gasteiger partial charge is 0.299 e. The zero-order valence-electron chi connectivity index (χ0n) is 9.75. The van der Waals surface area contributed by atoms with Crippen LogP contribution in [0.3, 0.4) is 0 Å². The summed E-state index contributed by atoms with van der Waals surface area (Å²) in [6.07, 6.45) is 0. The number of benzene rings is 1. The van der Waals surface area contributed by atoms with Gasteiger partial charge in [0.25, 0.3) is 11.7 Å². The summed E-state index contributed by atoms with van der Waals surface area (Å²) in [6.45, 7) is 0.547. The zero-order valence-corrected chi connectivity index (χ0v) is 9.75. The maximum absolute atomic E-state index is 11.9. The number of rotatable bonds is 4. The summed E-state index contributed by atoms with van der Waals surface area (Å²) in [6, 6.07) is 8.88. The number of carbonyl (C=O) groups is 1. The van der Waals surface area contributed by atoms with Gasteiger partial charge >= 0.3 is 0 Å². The fraction of sp³-hybridized carbons (Fsp3) is 0.250. The molecule has 5 nitrogen and oxygen atoms in total. The molecule has 5 heteroatoms. The minimum Gasteiger partial charge on any atom is -0.330 e. The first-order valence-corrected chi connectivity index (χ1v) is 5.24. The Balaban J connectivity index is 2.18.